The fourth-order valence-electron chi connectivity index (χ4n) is 2.94. The Morgan fingerprint density at radius 2 is 1.47 bits per heavy atom. The van der Waals surface area contributed by atoms with Crippen molar-refractivity contribution in [2.75, 3.05) is 19.6 Å². The second-order valence-electron chi connectivity index (χ2n) is 5.31. The highest BCUT2D eigenvalue weighted by atomic mass is 19.4. The first kappa shape index (κ1) is 13.1. The van der Waals surface area contributed by atoms with Gasteiger partial charge in [0.25, 0.3) is 0 Å². The van der Waals surface area contributed by atoms with Gasteiger partial charge >= 0.3 is 6.18 Å². The van der Waals surface area contributed by atoms with Gasteiger partial charge in [0.15, 0.2) is 0 Å². The first-order chi connectivity index (χ1) is 8.03. The zero-order valence-corrected chi connectivity index (χ0v) is 10.1. The highest BCUT2D eigenvalue weighted by Gasteiger charge is 2.32. The van der Waals surface area contributed by atoms with E-state index in [0.29, 0.717) is 25.2 Å². The minimum Gasteiger partial charge on any atom is -0.311 e. The second-order valence-corrected chi connectivity index (χ2v) is 5.31. The SMILES string of the molecule is FC(F)(F)CN1CCC(NC2CCCC2)CC1. The first-order valence-corrected chi connectivity index (χ1v) is 6.58. The molecule has 1 aliphatic carbocycles. The number of nitrogens with zero attached hydrogens (tertiary/aromatic N) is 1. The molecule has 0 spiro atoms. The van der Waals surface area contributed by atoms with Crippen LogP contribution in [0.25, 0.3) is 0 Å². The summed E-state index contributed by atoms with van der Waals surface area (Å²) < 4.78 is 36.6. The topological polar surface area (TPSA) is 15.3 Å². The van der Waals surface area contributed by atoms with Gasteiger partial charge in [0.2, 0.25) is 0 Å². The quantitative estimate of drug-likeness (QED) is 0.828. The summed E-state index contributed by atoms with van der Waals surface area (Å²) in [5.41, 5.74) is 0. The van der Waals surface area contributed by atoms with Crippen LogP contribution in [0.5, 0.6) is 0 Å². The van der Waals surface area contributed by atoms with Crippen molar-refractivity contribution < 1.29 is 13.2 Å². The predicted molar refractivity (Wildman–Crippen MR) is 60.9 cm³/mol. The molecule has 0 bridgehead atoms. The maximum Gasteiger partial charge on any atom is 0.401 e. The Hall–Kier alpha value is -0.290. The van der Waals surface area contributed by atoms with Crippen LogP contribution in [0.3, 0.4) is 0 Å². The molecule has 0 atom stereocenters. The maximum absolute atomic E-state index is 12.2. The molecular weight excluding hydrogens is 229 g/mol. The molecule has 2 fully saturated rings. The van der Waals surface area contributed by atoms with E-state index in [1.165, 1.54) is 30.6 Å². The van der Waals surface area contributed by atoms with Gasteiger partial charge in [0.1, 0.15) is 0 Å². The third-order valence-electron chi connectivity index (χ3n) is 3.82. The minimum atomic E-state index is -4.05. The standard InChI is InChI=1S/C12H21F3N2/c13-12(14,15)9-17-7-5-11(6-8-17)16-10-3-1-2-4-10/h10-11,16H,1-9H2. The Morgan fingerprint density at radius 3 is 2.00 bits per heavy atom. The molecule has 0 unspecified atom stereocenters. The second kappa shape index (κ2) is 5.57. The summed E-state index contributed by atoms with van der Waals surface area (Å²) in [7, 11) is 0. The van der Waals surface area contributed by atoms with Crippen LogP contribution in [-0.4, -0.2) is 42.8 Å². The fraction of sp³-hybridized carbons (Fsp3) is 1.00. The molecule has 0 radical (unpaired) electrons. The van der Waals surface area contributed by atoms with Crippen molar-refractivity contribution in [3.05, 3.63) is 0 Å². The van der Waals surface area contributed by atoms with Crippen molar-refractivity contribution in [2.24, 2.45) is 0 Å². The van der Waals surface area contributed by atoms with Gasteiger partial charge in [-0.3, -0.25) is 4.90 Å². The van der Waals surface area contributed by atoms with Gasteiger partial charge in [-0.05, 0) is 38.8 Å². The Labute approximate surface area is 101 Å². The highest BCUT2D eigenvalue weighted by Crippen LogP contribution is 2.22. The summed E-state index contributed by atoms with van der Waals surface area (Å²) in [5, 5.41) is 3.59. The van der Waals surface area contributed by atoms with E-state index < -0.39 is 12.7 Å². The maximum atomic E-state index is 12.2. The van der Waals surface area contributed by atoms with Gasteiger partial charge in [0, 0.05) is 12.1 Å². The Bertz CT molecular complexity index is 228. The number of hydrogen-bond donors (Lipinski definition) is 1. The molecule has 0 aromatic rings. The van der Waals surface area contributed by atoms with E-state index in [9.17, 15) is 13.2 Å². The van der Waals surface area contributed by atoms with Gasteiger partial charge < -0.3 is 5.32 Å². The molecule has 0 aromatic heterocycles. The van der Waals surface area contributed by atoms with Crippen molar-refractivity contribution in [1.29, 1.82) is 0 Å². The molecule has 0 aromatic carbocycles. The number of hydrogen-bond acceptors (Lipinski definition) is 2. The zero-order valence-electron chi connectivity index (χ0n) is 10.1. The van der Waals surface area contributed by atoms with Gasteiger partial charge in [-0.15, -0.1) is 0 Å². The molecule has 2 nitrogen and oxygen atoms in total. The van der Waals surface area contributed by atoms with Crippen LogP contribution in [-0.2, 0) is 0 Å². The van der Waals surface area contributed by atoms with E-state index >= 15 is 0 Å². The van der Waals surface area contributed by atoms with E-state index in [-0.39, 0.29) is 0 Å². The molecule has 1 heterocycles. The molecule has 1 aliphatic heterocycles. The Balaban J connectivity index is 1.67. The van der Waals surface area contributed by atoms with Gasteiger partial charge in [-0.25, -0.2) is 0 Å². The van der Waals surface area contributed by atoms with Gasteiger partial charge in [-0.2, -0.15) is 13.2 Å². The number of likely N-dealkylation sites (tertiary alicyclic amines) is 1. The van der Waals surface area contributed by atoms with E-state index in [1.807, 2.05) is 0 Å². The molecule has 2 aliphatic rings. The fourth-order valence-corrected chi connectivity index (χ4v) is 2.94. The molecule has 0 amide bonds. The van der Waals surface area contributed by atoms with E-state index in [4.69, 9.17) is 0 Å². The van der Waals surface area contributed by atoms with Crippen LogP contribution in [0.1, 0.15) is 38.5 Å². The highest BCUT2D eigenvalue weighted by molar-refractivity contribution is 4.83. The van der Waals surface area contributed by atoms with Crippen molar-refractivity contribution in [2.45, 2.75) is 56.8 Å². The number of alkyl halides is 3. The lowest BCUT2D eigenvalue weighted by Crippen LogP contribution is -2.47. The molecule has 100 valence electrons. The van der Waals surface area contributed by atoms with Crippen LogP contribution >= 0.6 is 0 Å². The summed E-state index contributed by atoms with van der Waals surface area (Å²) >= 11 is 0. The Kier molecular flexibility index (Phi) is 4.31. The van der Waals surface area contributed by atoms with Gasteiger partial charge in [-0.1, -0.05) is 12.8 Å². The molecule has 1 saturated heterocycles. The summed E-state index contributed by atoms with van der Waals surface area (Å²) in [6.07, 6.45) is 2.73. The van der Waals surface area contributed by atoms with Crippen molar-refractivity contribution in [3.63, 3.8) is 0 Å². The molecular formula is C12H21F3N2. The molecule has 2 rings (SSSR count). The number of nitrogens with one attached hydrogen (secondary N) is 1. The number of piperidine rings is 1. The molecule has 5 heteroatoms. The van der Waals surface area contributed by atoms with Crippen molar-refractivity contribution >= 4 is 0 Å². The molecule has 1 N–H and O–H groups in total. The number of rotatable bonds is 3. The van der Waals surface area contributed by atoms with Crippen LogP contribution < -0.4 is 5.32 Å². The van der Waals surface area contributed by atoms with E-state index in [1.54, 1.807) is 0 Å². The molecule has 1 saturated carbocycles. The lowest BCUT2D eigenvalue weighted by atomic mass is 10.0. The normalized spacial score (nSPS) is 25.6. The third kappa shape index (κ3) is 4.47. The predicted octanol–water partition coefficient (Wildman–Crippen LogP) is 2.55. The average molecular weight is 250 g/mol. The average Bonchev–Trinajstić information content (AvgIpc) is 2.71. The minimum absolute atomic E-state index is 0.433. The summed E-state index contributed by atoms with van der Waals surface area (Å²) in [6, 6.07) is 1.05. The summed E-state index contributed by atoms with van der Waals surface area (Å²) in [6.45, 7) is 0.400. The smallest absolute Gasteiger partial charge is 0.311 e. The lowest BCUT2D eigenvalue weighted by molar-refractivity contribution is -0.148. The van der Waals surface area contributed by atoms with Crippen LogP contribution in [0.15, 0.2) is 0 Å². The zero-order chi connectivity index (χ0) is 12.3. The first-order valence-electron chi connectivity index (χ1n) is 6.58. The van der Waals surface area contributed by atoms with Crippen molar-refractivity contribution in [3.8, 4) is 0 Å². The summed E-state index contributed by atoms with van der Waals surface area (Å²) in [4.78, 5) is 1.52. The van der Waals surface area contributed by atoms with Gasteiger partial charge in [0.05, 0.1) is 6.54 Å². The lowest BCUT2D eigenvalue weighted by Gasteiger charge is -2.34. The van der Waals surface area contributed by atoms with Crippen LogP contribution in [0.4, 0.5) is 13.2 Å². The van der Waals surface area contributed by atoms with Crippen molar-refractivity contribution in [1.82, 2.24) is 10.2 Å². The third-order valence-corrected chi connectivity index (χ3v) is 3.82. The van der Waals surface area contributed by atoms with E-state index in [0.717, 1.165) is 12.8 Å². The van der Waals surface area contributed by atoms with Crippen LogP contribution in [0.2, 0.25) is 0 Å². The monoisotopic (exact) mass is 250 g/mol. The van der Waals surface area contributed by atoms with E-state index in [2.05, 4.69) is 5.32 Å². The van der Waals surface area contributed by atoms with Crippen LogP contribution in [0, 0.1) is 0 Å². The largest absolute Gasteiger partial charge is 0.401 e. The number of halogens is 3. The Morgan fingerprint density at radius 1 is 0.941 bits per heavy atom. The molecule has 17 heavy (non-hydrogen) atoms. The summed E-state index contributed by atoms with van der Waals surface area (Å²) in [5.74, 6) is 0.